The van der Waals surface area contributed by atoms with E-state index < -0.39 is 11.6 Å². The maximum Gasteiger partial charge on any atom is 0.315 e. The third-order valence-corrected chi connectivity index (χ3v) is 5.88. The molecule has 1 aliphatic heterocycles. The first-order chi connectivity index (χ1) is 12.8. The van der Waals surface area contributed by atoms with Crippen LogP contribution in [0.1, 0.15) is 45.3 Å². The SMILES string of the molecule is CC(C)C(C)(CO)NC(=O)NCC1CCN(CC(O)c2ccccc2)CC1. The van der Waals surface area contributed by atoms with Gasteiger partial charge in [-0.3, -0.25) is 0 Å². The molecule has 2 unspecified atom stereocenters. The molecule has 2 amide bonds. The lowest BCUT2D eigenvalue weighted by molar-refractivity contribution is 0.0891. The van der Waals surface area contributed by atoms with E-state index in [-0.39, 0.29) is 18.6 Å². The quantitative estimate of drug-likeness (QED) is 0.559. The van der Waals surface area contributed by atoms with Crippen LogP contribution in [0.4, 0.5) is 4.79 Å². The van der Waals surface area contributed by atoms with E-state index in [1.54, 1.807) is 0 Å². The van der Waals surface area contributed by atoms with Crippen molar-refractivity contribution in [3.63, 3.8) is 0 Å². The summed E-state index contributed by atoms with van der Waals surface area (Å²) in [6, 6.07) is 9.54. The van der Waals surface area contributed by atoms with Crippen molar-refractivity contribution in [1.82, 2.24) is 15.5 Å². The van der Waals surface area contributed by atoms with Gasteiger partial charge in [0, 0.05) is 13.1 Å². The first-order valence-electron chi connectivity index (χ1n) is 9.96. The molecule has 4 N–H and O–H groups in total. The van der Waals surface area contributed by atoms with E-state index in [0.29, 0.717) is 19.0 Å². The second-order valence-corrected chi connectivity index (χ2v) is 8.24. The normalized spacial score (nSPS) is 19.5. The second-order valence-electron chi connectivity index (χ2n) is 8.24. The molecule has 27 heavy (non-hydrogen) atoms. The average Bonchev–Trinajstić information content (AvgIpc) is 2.67. The number of amides is 2. The van der Waals surface area contributed by atoms with Crippen LogP contribution in [0.25, 0.3) is 0 Å². The predicted octanol–water partition coefficient (Wildman–Crippen LogP) is 2.14. The summed E-state index contributed by atoms with van der Waals surface area (Å²) in [4.78, 5) is 14.4. The zero-order valence-corrected chi connectivity index (χ0v) is 16.8. The number of carbonyl (C=O) groups excluding carboxylic acids is 1. The maximum absolute atomic E-state index is 12.2. The van der Waals surface area contributed by atoms with Crippen LogP contribution in [0.15, 0.2) is 30.3 Å². The third-order valence-electron chi connectivity index (χ3n) is 5.88. The summed E-state index contributed by atoms with van der Waals surface area (Å²) in [6.07, 6.45) is 1.55. The molecule has 0 spiro atoms. The van der Waals surface area contributed by atoms with Crippen molar-refractivity contribution in [1.29, 1.82) is 0 Å². The molecule has 1 aliphatic rings. The molecule has 1 saturated heterocycles. The summed E-state index contributed by atoms with van der Waals surface area (Å²) in [7, 11) is 0. The van der Waals surface area contributed by atoms with Gasteiger partial charge in [0.05, 0.1) is 18.2 Å². The van der Waals surface area contributed by atoms with Crippen molar-refractivity contribution >= 4 is 6.03 Å². The number of rotatable bonds is 8. The lowest BCUT2D eigenvalue weighted by Gasteiger charge is -2.35. The first kappa shape index (κ1) is 21.7. The summed E-state index contributed by atoms with van der Waals surface area (Å²) in [6.45, 7) is 8.88. The standard InChI is InChI=1S/C21H35N3O3/c1-16(2)21(3,15-25)23-20(27)22-13-17-9-11-24(12-10-17)14-19(26)18-7-5-4-6-8-18/h4-8,16-17,19,25-26H,9-15H2,1-3H3,(H2,22,23,27). The van der Waals surface area contributed by atoms with E-state index in [9.17, 15) is 15.0 Å². The van der Waals surface area contributed by atoms with Crippen LogP contribution in [-0.4, -0.2) is 59.5 Å². The van der Waals surface area contributed by atoms with E-state index >= 15 is 0 Å². The molecule has 1 aromatic carbocycles. The second kappa shape index (κ2) is 10.1. The van der Waals surface area contributed by atoms with Crippen molar-refractivity contribution in [2.75, 3.05) is 32.8 Å². The molecule has 0 aliphatic carbocycles. The van der Waals surface area contributed by atoms with Crippen LogP contribution < -0.4 is 10.6 Å². The fraction of sp³-hybridized carbons (Fsp3) is 0.667. The summed E-state index contributed by atoms with van der Waals surface area (Å²) < 4.78 is 0. The van der Waals surface area contributed by atoms with Gasteiger partial charge in [-0.25, -0.2) is 4.79 Å². The Morgan fingerprint density at radius 1 is 1.26 bits per heavy atom. The van der Waals surface area contributed by atoms with Crippen molar-refractivity contribution < 1.29 is 15.0 Å². The Labute approximate surface area is 163 Å². The van der Waals surface area contributed by atoms with Crippen LogP contribution in [-0.2, 0) is 0 Å². The minimum absolute atomic E-state index is 0.0831. The molecule has 1 heterocycles. The minimum atomic E-state index is -0.610. The number of likely N-dealkylation sites (tertiary alicyclic amines) is 1. The number of nitrogens with zero attached hydrogens (tertiary/aromatic N) is 1. The van der Waals surface area contributed by atoms with Crippen molar-refractivity contribution in [2.45, 2.75) is 45.3 Å². The molecule has 1 aromatic rings. The van der Waals surface area contributed by atoms with Crippen LogP contribution in [0.3, 0.4) is 0 Å². The highest BCUT2D eigenvalue weighted by molar-refractivity contribution is 5.74. The van der Waals surface area contributed by atoms with Crippen molar-refractivity contribution in [3.05, 3.63) is 35.9 Å². The van der Waals surface area contributed by atoms with E-state index in [0.717, 1.165) is 31.5 Å². The average molecular weight is 378 g/mol. The van der Waals surface area contributed by atoms with Crippen LogP contribution >= 0.6 is 0 Å². The van der Waals surface area contributed by atoms with Gasteiger partial charge in [0.1, 0.15) is 0 Å². The Morgan fingerprint density at radius 3 is 2.44 bits per heavy atom. The van der Waals surface area contributed by atoms with E-state index in [2.05, 4.69) is 15.5 Å². The largest absolute Gasteiger partial charge is 0.394 e. The number of carbonyl (C=O) groups is 1. The van der Waals surface area contributed by atoms with Gasteiger partial charge in [0.25, 0.3) is 0 Å². The number of nitrogens with one attached hydrogen (secondary N) is 2. The summed E-state index contributed by atoms with van der Waals surface area (Å²) in [5.41, 5.74) is 0.344. The summed E-state index contributed by atoms with van der Waals surface area (Å²) in [5.74, 6) is 0.591. The third kappa shape index (κ3) is 6.48. The molecule has 1 fully saturated rings. The number of urea groups is 1. The van der Waals surface area contributed by atoms with Crippen LogP contribution in [0.5, 0.6) is 0 Å². The zero-order chi connectivity index (χ0) is 19.9. The fourth-order valence-corrected chi connectivity index (χ4v) is 3.31. The van der Waals surface area contributed by atoms with Crippen LogP contribution in [0, 0.1) is 11.8 Å². The highest BCUT2D eigenvalue weighted by Crippen LogP contribution is 2.20. The molecule has 0 bridgehead atoms. The number of β-amino-alcohol motifs (C(OH)–C–C–N with tert-alkyl or cyclic N) is 1. The van der Waals surface area contributed by atoms with Gasteiger partial charge in [-0.05, 0) is 50.3 Å². The summed E-state index contributed by atoms with van der Waals surface area (Å²) >= 11 is 0. The molecule has 0 aromatic heterocycles. The van der Waals surface area contributed by atoms with Gasteiger partial charge < -0.3 is 25.7 Å². The molecule has 2 rings (SSSR count). The molecule has 152 valence electrons. The Kier molecular flexibility index (Phi) is 8.07. The smallest absolute Gasteiger partial charge is 0.315 e. The Bertz CT molecular complexity index is 573. The lowest BCUT2D eigenvalue weighted by atomic mass is 9.89. The van der Waals surface area contributed by atoms with Gasteiger partial charge in [0.2, 0.25) is 0 Å². The zero-order valence-electron chi connectivity index (χ0n) is 16.8. The lowest BCUT2D eigenvalue weighted by Crippen LogP contribution is -2.56. The number of hydrogen-bond acceptors (Lipinski definition) is 4. The Hall–Kier alpha value is -1.63. The topological polar surface area (TPSA) is 84.8 Å². The number of benzene rings is 1. The maximum atomic E-state index is 12.2. The first-order valence-corrected chi connectivity index (χ1v) is 9.96. The molecular formula is C21H35N3O3. The van der Waals surface area contributed by atoms with Gasteiger partial charge >= 0.3 is 6.03 Å². The number of hydrogen-bond donors (Lipinski definition) is 4. The minimum Gasteiger partial charge on any atom is -0.394 e. The van der Waals surface area contributed by atoms with E-state index in [1.807, 2.05) is 51.1 Å². The van der Waals surface area contributed by atoms with Gasteiger partial charge in [-0.2, -0.15) is 0 Å². The van der Waals surface area contributed by atoms with Gasteiger partial charge in [-0.15, -0.1) is 0 Å². The molecule has 6 nitrogen and oxygen atoms in total. The molecule has 0 radical (unpaired) electrons. The summed E-state index contributed by atoms with van der Waals surface area (Å²) in [5, 5.41) is 25.7. The fourth-order valence-electron chi connectivity index (χ4n) is 3.31. The highest BCUT2D eigenvalue weighted by atomic mass is 16.3. The van der Waals surface area contributed by atoms with E-state index in [4.69, 9.17) is 0 Å². The molecule has 6 heteroatoms. The molecule has 2 atom stereocenters. The number of aliphatic hydroxyl groups excluding tert-OH is 2. The van der Waals surface area contributed by atoms with E-state index in [1.165, 1.54) is 0 Å². The number of aliphatic hydroxyl groups is 2. The van der Waals surface area contributed by atoms with Gasteiger partial charge in [-0.1, -0.05) is 44.2 Å². The monoisotopic (exact) mass is 377 g/mol. The van der Waals surface area contributed by atoms with Gasteiger partial charge in [0.15, 0.2) is 0 Å². The Balaban J connectivity index is 1.69. The number of piperidine rings is 1. The Morgan fingerprint density at radius 2 is 1.89 bits per heavy atom. The highest BCUT2D eigenvalue weighted by Gasteiger charge is 2.29. The predicted molar refractivity (Wildman–Crippen MR) is 107 cm³/mol. The van der Waals surface area contributed by atoms with Crippen LogP contribution in [0.2, 0.25) is 0 Å². The molecular weight excluding hydrogens is 342 g/mol. The molecule has 0 saturated carbocycles. The van der Waals surface area contributed by atoms with Crippen molar-refractivity contribution in [2.24, 2.45) is 11.8 Å². The van der Waals surface area contributed by atoms with Crippen molar-refractivity contribution in [3.8, 4) is 0 Å².